The number of nitrogens with zero attached hydrogens (tertiary/aromatic N) is 3. The number of halogens is 3. The fourth-order valence-electron chi connectivity index (χ4n) is 3.18. The molecule has 4 nitrogen and oxygen atoms in total. The average Bonchev–Trinajstić information content (AvgIpc) is 3.03. The lowest BCUT2D eigenvalue weighted by Gasteiger charge is -2.21. The van der Waals surface area contributed by atoms with Crippen molar-refractivity contribution in [1.82, 2.24) is 15.2 Å². The first-order valence-corrected chi connectivity index (χ1v) is 9.71. The third kappa shape index (κ3) is 5.84. The van der Waals surface area contributed by atoms with Gasteiger partial charge in [-0.3, -0.25) is 4.99 Å². The summed E-state index contributed by atoms with van der Waals surface area (Å²) in [6.07, 6.45) is 5.10. The highest BCUT2D eigenvalue weighted by Gasteiger charge is 2.17. The largest absolute Gasteiger partial charge is 0.356 e. The summed E-state index contributed by atoms with van der Waals surface area (Å²) in [6, 6.07) is 3.53. The molecule has 1 aliphatic carbocycles. The van der Waals surface area contributed by atoms with Gasteiger partial charge in [0, 0.05) is 25.5 Å². The van der Waals surface area contributed by atoms with Crippen molar-refractivity contribution in [1.29, 1.82) is 0 Å². The third-order valence-corrected chi connectivity index (χ3v) is 5.66. The number of aryl methyl sites for hydroxylation is 2. The Bertz CT molecular complexity index is 771. The Morgan fingerprint density at radius 2 is 2.07 bits per heavy atom. The summed E-state index contributed by atoms with van der Waals surface area (Å²) in [7, 11) is 3.67. The van der Waals surface area contributed by atoms with E-state index in [9.17, 15) is 8.78 Å². The number of fused-ring (bicyclic) bond motifs is 1. The molecule has 148 valence electrons. The molecule has 0 amide bonds. The summed E-state index contributed by atoms with van der Waals surface area (Å²) in [5.74, 6) is -0.0875. The number of aromatic nitrogens is 1. The van der Waals surface area contributed by atoms with Crippen LogP contribution in [0.15, 0.2) is 23.2 Å². The van der Waals surface area contributed by atoms with Crippen molar-refractivity contribution in [2.45, 2.75) is 38.6 Å². The van der Waals surface area contributed by atoms with Crippen LogP contribution in [0, 0.1) is 11.6 Å². The zero-order valence-corrected chi connectivity index (χ0v) is 18.7. The number of guanidine groups is 1. The van der Waals surface area contributed by atoms with Crippen molar-refractivity contribution in [2.24, 2.45) is 4.99 Å². The predicted octanol–water partition coefficient (Wildman–Crippen LogP) is 4.17. The number of aliphatic imine (C=N–C) groups is 1. The van der Waals surface area contributed by atoms with Gasteiger partial charge in [-0.05, 0) is 55.9 Å². The predicted molar refractivity (Wildman–Crippen MR) is 117 cm³/mol. The van der Waals surface area contributed by atoms with Crippen molar-refractivity contribution in [3.63, 3.8) is 0 Å². The summed E-state index contributed by atoms with van der Waals surface area (Å²) in [6.45, 7) is 1.16. The van der Waals surface area contributed by atoms with E-state index >= 15 is 0 Å². The molecule has 1 N–H and O–H groups in total. The maximum atomic E-state index is 13.7. The van der Waals surface area contributed by atoms with Crippen molar-refractivity contribution >= 4 is 41.3 Å². The standard InChI is InChI=1S/C19H24F2N4S.HI/c1-22-19(23-10-9-13-11-14(20)7-8-15(13)21)25(2)12-18-24-16-5-3-4-6-17(16)26-18;/h7-8,11H,3-6,9-10,12H2,1-2H3,(H,22,23);1H. The topological polar surface area (TPSA) is 40.5 Å². The molecule has 1 heterocycles. The van der Waals surface area contributed by atoms with Gasteiger partial charge in [-0.1, -0.05) is 0 Å². The van der Waals surface area contributed by atoms with Gasteiger partial charge in [-0.15, -0.1) is 35.3 Å². The lowest BCUT2D eigenvalue weighted by atomic mass is 10.0. The van der Waals surface area contributed by atoms with Gasteiger partial charge >= 0.3 is 0 Å². The maximum absolute atomic E-state index is 13.7. The number of thiazole rings is 1. The first-order chi connectivity index (χ1) is 12.6. The van der Waals surface area contributed by atoms with E-state index in [-0.39, 0.29) is 29.8 Å². The third-order valence-electron chi connectivity index (χ3n) is 4.52. The Balaban J connectivity index is 0.00000261. The van der Waals surface area contributed by atoms with Crippen LogP contribution in [-0.4, -0.2) is 36.5 Å². The normalized spacial score (nSPS) is 13.7. The van der Waals surface area contributed by atoms with Crippen molar-refractivity contribution in [2.75, 3.05) is 20.6 Å². The van der Waals surface area contributed by atoms with Gasteiger partial charge in [-0.25, -0.2) is 13.8 Å². The Hall–Kier alpha value is -1.29. The minimum atomic E-state index is -0.421. The second-order valence-corrected chi connectivity index (χ2v) is 7.67. The monoisotopic (exact) mass is 506 g/mol. The van der Waals surface area contributed by atoms with E-state index in [4.69, 9.17) is 4.98 Å². The molecule has 1 aromatic carbocycles. The molecular formula is C19H25F2IN4S. The van der Waals surface area contributed by atoms with Crippen LogP contribution in [0.5, 0.6) is 0 Å². The van der Waals surface area contributed by atoms with Gasteiger partial charge in [-0.2, -0.15) is 0 Å². The number of benzene rings is 1. The van der Waals surface area contributed by atoms with Gasteiger partial charge < -0.3 is 10.2 Å². The molecule has 0 atom stereocenters. The second-order valence-electron chi connectivity index (χ2n) is 6.50. The molecule has 0 saturated heterocycles. The Labute approximate surface area is 180 Å². The van der Waals surface area contributed by atoms with E-state index in [1.807, 2.05) is 11.9 Å². The van der Waals surface area contributed by atoms with Crippen LogP contribution in [0.4, 0.5) is 8.78 Å². The van der Waals surface area contributed by atoms with E-state index in [1.165, 1.54) is 29.5 Å². The van der Waals surface area contributed by atoms with Crippen LogP contribution in [0.25, 0.3) is 0 Å². The summed E-state index contributed by atoms with van der Waals surface area (Å²) < 4.78 is 26.9. The lowest BCUT2D eigenvalue weighted by Crippen LogP contribution is -2.39. The molecule has 0 fully saturated rings. The molecule has 0 aliphatic heterocycles. The summed E-state index contributed by atoms with van der Waals surface area (Å²) >= 11 is 1.79. The molecule has 2 aromatic rings. The van der Waals surface area contributed by atoms with Crippen LogP contribution in [-0.2, 0) is 25.8 Å². The minimum Gasteiger partial charge on any atom is -0.356 e. The molecule has 27 heavy (non-hydrogen) atoms. The summed E-state index contributed by atoms with van der Waals surface area (Å²) in [5.41, 5.74) is 1.62. The first kappa shape index (κ1) is 22.0. The Morgan fingerprint density at radius 3 is 2.81 bits per heavy atom. The van der Waals surface area contributed by atoms with Crippen LogP contribution < -0.4 is 5.32 Å². The minimum absolute atomic E-state index is 0. The van der Waals surface area contributed by atoms with Crippen molar-refractivity contribution in [3.8, 4) is 0 Å². The van der Waals surface area contributed by atoms with Crippen molar-refractivity contribution < 1.29 is 8.78 Å². The van der Waals surface area contributed by atoms with Crippen LogP contribution >= 0.6 is 35.3 Å². The molecule has 1 aliphatic rings. The van der Waals surface area contributed by atoms with E-state index in [2.05, 4.69) is 10.3 Å². The van der Waals surface area contributed by atoms with Gasteiger partial charge in [0.25, 0.3) is 0 Å². The molecule has 0 spiro atoms. The van der Waals surface area contributed by atoms with Crippen LogP contribution in [0.2, 0.25) is 0 Å². The average molecular weight is 506 g/mol. The highest BCUT2D eigenvalue weighted by Crippen LogP contribution is 2.27. The second kappa shape index (κ2) is 10.3. The van der Waals surface area contributed by atoms with Crippen LogP contribution in [0.3, 0.4) is 0 Å². The lowest BCUT2D eigenvalue weighted by molar-refractivity contribution is 0.474. The van der Waals surface area contributed by atoms with E-state index in [1.54, 1.807) is 18.4 Å². The molecule has 3 rings (SSSR count). The van der Waals surface area contributed by atoms with Crippen molar-refractivity contribution in [3.05, 3.63) is 51.0 Å². The molecule has 0 radical (unpaired) electrons. The van der Waals surface area contributed by atoms with Gasteiger partial charge in [0.1, 0.15) is 16.6 Å². The van der Waals surface area contributed by atoms with Gasteiger partial charge in [0.2, 0.25) is 0 Å². The molecule has 1 aromatic heterocycles. The first-order valence-electron chi connectivity index (χ1n) is 8.90. The summed E-state index contributed by atoms with van der Waals surface area (Å²) in [5, 5.41) is 4.31. The quantitative estimate of drug-likeness (QED) is 0.376. The maximum Gasteiger partial charge on any atom is 0.193 e. The number of nitrogens with one attached hydrogen (secondary N) is 1. The molecule has 0 saturated carbocycles. The molecule has 0 unspecified atom stereocenters. The number of hydrogen-bond acceptors (Lipinski definition) is 3. The highest BCUT2D eigenvalue weighted by molar-refractivity contribution is 14.0. The molecular weight excluding hydrogens is 481 g/mol. The smallest absolute Gasteiger partial charge is 0.193 e. The Morgan fingerprint density at radius 1 is 1.30 bits per heavy atom. The fraction of sp³-hybridized carbons (Fsp3) is 0.474. The highest BCUT2D eigenvalue weighted by atomic mass is 127. The summed E-state index contributed by atoms with van der Waals surface area (Å²) in [4.78, 5) is 12.5. The zero-order chi connectivity index (χ0) is 18.5. The van der Waals surface area contributed by atoms with E-state index < -0.39 is 5.82 Å². The SMILES string of the molecule is CN=C(NCCc1cc(F)ccc1F)N(C)Cc1nc2c(s1)CCCC2.I. The number of rotatable bonds is 5. The number of hydrogen-bond donors (Lipinski definition) is 1. The van der Waals surface area contributed by atoms with Crippen LogP contribution in [0.1, 0.15) is 34.0 Å². The fourth-order valence-corrected chi connectivity index (χ4v) is 4.39. The Kier molecular flexibility index (Phi) is 8.40. The molecule has 0 bridgehead atoms. The van der Waals surface area contributed by atoms with E-state index in [0.29, 0.717) is 25.1 Å². The van der Waals surface area contributed by atoms with E-state index in [0.717, 1.165) is 35.9 Å². The van der Waals surface area contributed by atoms with Gasteiger partial charge in [0.15, 0.2) is 5.96 Å². The van der Waals surface area contributed by atoms with Gasteiger partial charge in [0.05, 0.1) is 12.2 Å². The zero-order valence-electron chi connectivity index (χ0n) is 15.6. The molecule has 8 heteroatoms.